The Balaban J connectivity index is 1.83. The summed E-state index contributed by atoms with van der Waals surface area (Å²) < 4.78 is 0. The van der Waals surface area contributed by atoms with Gasteiger partial charge in [-0.1, -0.05) is 74.4 Å². The first-order valence-electron chi connectivity index (χ1n) is 15.7. The smallest absolute Gasteiger partial charge is 0.244 e. The van der Waals surface area contributed by atoms with Crippen LogP contribution in [0.1, 0.15) is 37.3 Å². The number of primary amides is 1. The Kier molecular flexibility index (Phi) is 15.0. The lowest BCUT2D eigenvalue weighted by molar-refractivity contribution is -0.134. The monoisotopic (exact) mass is 696 g/mol. The second-order valence-corrected chi connectivity index (χ2v) is 12.2. The van der Waals surface area contributed by atoms with Gasteiger partial charge in [0.1, 0.15) is 29.9 Å². The van der Waals surface area contributed by atoms with Crippen molar-refractivity contribution in [2.45, 2.75) is 69.2 Å². The molecule has 12 nitrogen and oxygen atoms in total. The van der Waals surface area contributed by atoms with E-state index in [0.717, 1.165) is 22.8 Å². The van der Waals surface area contributed by atoms with Crippen LogP contribution in [0, 0.1) is 0 Å². The van der Waals surface area contributed by atoms with Gasteiger partial charge in [0.25, 0.3) is 0 Å². The van der Waals surface area contributed by atoms with E-state index in [1.54, 1.807) is 12.1 Å². The molecule has 258 valence electrons. The average Bonchev–Trinajstić information content (AvgIpc) is 3.08. The minimum Gasteiger partial charge on any atom is -0.508 e. The van der Waals surface area contributed by atoms with E-state index >= 15 is 0 Å². The molecule has 0 spiro atoms. The Hall–Kier alpha value is -4.27. The van der Waals surface area contributed by atoms with Gasteiger partial charge in [0.15, 0.2) is 0 Å². The van der Waals surface area contributed by atoms with E-state index in [1.807, 2.05) is 49.4 Å². The summed E-state index contributed by atoms with van der Waals surface area (Å²) in [4.78, 5) is 65.4. The third kappa shape index (κ3) is 11.2. The average molecular weight is 697 g/mol. The molecule has 9 N–H and O–H groups in total. The summed E-state index contributed by atoms with van der Waals surface area (Å²) in [7, 11) is 0. The van der Waals surface area contributed by atoms with Crippen molar-refractivity contribution < 1.29 is 29.1 Å². The number of nitrogens with one attached hydrogen (secondary N) is 4. The van der Waals surface area contributed by atoms with Crippen LogP contribution in [0.15, 0.2) is 66.7 Å². The quantitative estimate of drug-likeness (QED) is 0.0886. The maximum absolute atomic E-state index is 13.9. The number of rotatable bonds is 18. The number of carbonyl (C=O) groups excluding carboxylic acids is 5. The molecule has 0 heterocycles. The number of hydrogen-bond donors (Lipinski definition) is 9. The number of nitrogens with two attached hydrogens (primary N) is 2. The molecule has 5 amide bonds. The predicted molar refractivity (Wildman–Crippen MR) is 192 cm³/mol. The van der Waals surface area contributed by atoms with Gasteiger partial charge in [-0.15, -0.1) is 0 Å². The van der Waals surface area contributed by atoms with Crippen molar-refractivity contribution in [2.75, 3.05) is 11.5 Å². The molecule has 0 aliphatic carbocycles. The molecule has 48 heavy (non-hydrogen) atoms. The minimum atomic E-state index is -1.16. The van der Waals surface area contributed by atoms with Crippen molar-refractivity contribution >= 4 is 65.6 Å². The molecular formula is C34H44N6O6S2. The summed E-state index contributed by atoms with van der Waals surface area (Å²) in [5.41, 5.74) is 13.0. The second-order valence-electron chi connectivity index (χ2n) is 11.5. The van der Waals surface area contributed by atoms with Crippen molar-refractivity contribution in [3.8, 4) is 5.75 Å². The number of thiol groups is 2. The highest BCUT2D eigenvalue weighted by molar-refractivity contribution is 7.80. The van der Waals surface area contributed by atoms with Crippen LogP contribution in [0.2, 0.25) is 0 Å². The van der Waals surface area contributed by atoms with E-state index in [4.69, 9.17) is 11.5 Å². The van der Waals surface area contributed by atoms with Crippen LogP contribution in [0.3, 0.4) is 0 Å². The largest absolute Gasteiger partial charge is 0.508 e. The van der Waals surface area contributed by atoms with Gasteiger partial charge in [-0.2, -0.15) is 25.3 Å². The normalized spacial score (nSPS) is 14.2. The molecule has 0 aromatic heterocycles. The molecule has 0 radical (unpaired) electrons. The number of hydrogen-bond acceptors (Lipinski definition) is 9. The van der Waals surface area contributed by atoms with Crippen molar-refractivity contribution in [3.05, 3.63) is 77.9 Å². The van der Waals surface area contributed by atoms with E-state index in [0.29, 0.717) is 12.0 Å². The molecule has 3 aromatic rings. The van der Waals surface area contributed by atoms with E-state index in [1.165, 1.54) is 12.1 Å². The first kappa shape index (κ1) is 38.2. The number of carbonyl (C=O) groups is 5. The molecule has 3 aromatic carbocycles. The Morgan fingerprint density at radius 3 is 1.92 bits per heavy atom. The Labute approximate surface area is 291 Å². The van der Waals surface area contributed by atoms with E-state index < -0.39 is 59.7 Å². The van der Waals surface area contributed by atoms with Crippen molar-refractivity contribution in [1.82, 2.24) is 21.3 Å². The van der Waals surface area contributed by atoms with Gasteiger partial charge >= 0.3 is 0 Å². The summed E-state index contributed by atoms with van der Waals surface area (Å²) in [5, 5.41) is 22.0. The fourth-order valence-corrected chi connectivity index (χ4v) is 5.58. The van der Waals surface area contributed by atoms with Gasteiger partial charge in [-0.25, -0.2) is 0 Å². The van der Waals surface area contributed by atoms with E-state index in [2.05, 4.69) is 46.5 Å². The third-order valence-electron chi connectivity index (χ3n) is 7.80. The molecule has 3 rings (SSSR count). The highest BCUT2D eigenvalue weighted by Crippen LogP contribution is 2.20. The molecule has 5 atom stereocenters. The zero-order valence-corrected chi connectivity index (χ0v) is 28.5. The number of fused-ring (bicyclic) bond motifs is 1. The molecule has 14 heteroatoms. The number of benzene rings is 3. The van der Waals surface area contributed by atoms with Gasteiger partial charge in [-0.05, 0) is 46.9 Å². The van der Waals surface area contributed by atoms with Gasteiger partial charge in [0, 0.05) is 17.9 Å². The predicted octanol–water partition coefficient (Wildman–Crippen LogP) is 1.13. The standard InChI is InChI=1S/C34H44N6O6S2/c1-2-3-11-26(32(44)39-28(18-47)30(36)42)37-33(45)27(17-22-9-6-8-21-7-4-5-10-24(21)22)38-34(46)29(19-48)40-31(43)25(35)16-20-12-14-23(41)15-13-20/h4-10,12-15,25-29,41,47-48H,2-3,11,16-19,35H2,1H3,(H2,36,42)(H,37,45)(H,38,46)(H,39,44)(H,40,43)/t25-,26-,27-,28-,29+/m0/s1. The molecule has 0 aliphatic rings. The van der Waals surface area contributed by atoms with Crippen molar-refractivity contribution in [1.29, 1.82) is 0 Å². The molecular weight excluding hydrogens is 653 g/mol. The summed E-state index contributed by atoms with van der Waals surface area (Å²) in [6, 6.07) is 14.1. The number of unbranched alkanes of at least 4 members (excludes halogenated alkanes) is 1. The summed E-state index contributed by atoms with van der Waals surface area (Å²) in [6.07, 6.45) is 1.83. The topological polar surface area (TPSA) is 206 Å². The van der Waals surface area contributed by atoms with Gasteiger partial charge in [0.2, 0.25) is 29.5 Å². The van der Waals surface area contributed by atoms with Crippen molar-refractivity contribution in [3.63, 3.8) is 0 Å². The zero-order valence-electron chi connectivity index (χ0n) is 26.7. The number of phenolic OH excluding ortho intramolecular Hbond substituents is 1. The van der Waals surface area contributed by atoms with E-state index in [9.17, 15) is 29.1 Å². The molecule has 0 aliphatic heterocycles. The Bertz CT molecular complexity index is 1570. The maximum Gasteiger partial charge on any atom is 0.244 e. The lowest BCUT2D eigenvalue weighted by atomic mass is 9.97. The second kappa shape index (κ2) is 18.9. The van der Waals surface area contributed by atoms with Crippen LogP contribution in [-0.2, 0) is 36.8 Å². The molecule has 0 unspecified atom stereocenters. The molecule has 0 saturated heterocycles. The first-order chi connectivity index (χ1) is 23.0. The first-order valence-corrected chi connectivity index (χ1v) is 17.0. The molecule has 0 bridgehead atoms. The van der Waals surface area contributed by atoms with Crippen LogP contribution >= 0.6 is 25.3 Å². The SMILES string of the molecule is CCCC[C@H](NC(=O)[C@H](Cc1cccc2ccccc12)NC(=O)[C@@H](CS)NC(=O)[C@@H](N)Cc1ccc(O)cc1)C(=O)N[C@@H](CS)C(N)=O. The van der Waals surface area contributed by atoms with Crippen molar-refractivity contribution in [2.24, 2.45) is 11.5 Å². The zero-order chi connectivity index (χ0) is 35.2. The number of aromatic hydroxyl groups is 1. The lowest BCUT2D eigenvalue weighted by Crippen LogP contribution is -2.59. The number of amides is 5. The highest BCUT2D eigenvalue weighted by atomic mass is 32.1. The van der Waals surface area contributed by atoms with Gasteiger partial charge in [-0.3, -0.25) is 24.0 Å². The molecule has 0 fully saturated rings. The van der Waals surface area contributed by atoms with Crippen LogP contribution in [0.25, 0.3) is 10.8 Å². The van der Waals surface area contributed by atoms with Crippen LogP contribution in [0.4, 0.5) is 0 Å². The summed E-state index contributed by atoms with van der Waals surface area (Å²) >= 11 is 8.35. The fraction of sp³-hybridized carbons (Fsp3) is 0.382. The lowest BCUT2D eigenvalue weighted by Gasteiger charge is -2.26. The highest BCUT2D eigenvalue weighted by Gasteiger charge is 2.31. The van der Waals surface area contributed by atoms with Crippen LogP contribution in [0.5, 0.6) is 5.75 Å². The molecule has 0 saturated carbocycles. The fourth-order valence-electron chi connectivity index (χ4n) is 5.05. The summed E-state index contributed by atoms with van der Waals surface area (Å²) in [5.74, 6) is -3.31. The Morgan fingerprint density at radius 1 is 0.708 bits per heavy atom. The summed E-state index contributed by atoms with van der Waals surface area (Å²) in [6.45, 7) is 1.93. The minimum absolute atomic E-state index is 0.0231. The van der Waals surface area contributed by atoms with Crippen LogP contribution < -0.4 is 32.7 Å². The Morgan fingerprint density at radius 2 is 1.27 bits per heavy atom. The third-order valence-corrected chi connectivity index (χ3v) is 8.53. The van der Waals surface area contributed by atoms with E-state index in [-0.39, 0.29) is 36.5 Å². The maximum atomic E-state index is 13.9. The number of phenols is 1. The van der Waals surface area contributed by atoms with Gasteiger partial charge < -0.3 is 37.8 Å². The van der Waals surface area contributed by atoms with Crippen LogP contribution in [-0.4, -0.2) is 76.4 Å². The van der Waals surface area contributed by atoms with Gasteiger partial charge in [0.05, 0.1) is 6.04 Å².